The van der Waals surface area contributed by atoms with Gasteiger partial charge in [0.2, 0.25) is 0 Å². The number of nitro groups is 1. The number of rotatable bonds is 4. The van der Waals surface area contributed by atoms with E-state index in [1.54, 1.807) is 0 Å². The third-order valence-electron chi connectivity index (χ3n) is 3.35. The fourth-order valence-electron chi connectivity index (χ4n) is 2.20. The summed E-state index contributed by atoms with van der Waals surface area (Å²) in [6.45, 7) is 0. The van der Waals surface area contributed by atoms with Crippen LogP contribution in [0.2, 0.25) is 5.02 Å². The number of esters is 1. The van der Waals surface area contributed by atoms with Gasteiger partial charge in [-0.25, -0.2) is 4.79 Å². The SMILES string of the molecule is COC(=O)[C@]1(NC(=O)c2cc(Cl)ccc2[N+](=O)[O-])CCSC1. The Kier molecular flexibility index (Phi) is 4.92. The van der Waals surface area contributed by atoms with Gasteiger partial charge in [-0.3, -0.25) is 14.9 Å². The molecule has 1 saturated heterocycles. The Morgan fingerprint density at radius 3 is 2.77 bits per heavy atom. The minimum atomic E-state index is -1.16. The van der Waals surface area contributed by atoms with Gasteiger partial charge in [-0.15, -0.1) is 0 Å². The number of methoxy groups -OCH3 is 1. The molecule has 0 saturated carbocycles. The number of nitro benzene ring substituents is 1. The van der Waals surface area contributed by atoms with Crippen molar-refractivity contribution in [2.24, 2.45) is 0 Å². The normalized spacial score (nSPS) is 20.5. The van der Waals surface area contributed by atoms with Crippen molar-refractivity contribution in [2.45, 2.75) is 12.0 Å². The Morgan fingerprint density at radius 2 is 2.23 bits per heavy atom. The molecule has 1 aromatic rings. The summed E-state index contributed by atoms with van der Waals surface area (Å²) >= 11 is 7.31. The lowest BCUT2D eigenvalue weighted by atomic mass is 9.98. The van der Waals surface area contributed by atoms with Crippen molar-refractivity contribution in [3.05, 3.63) is 38.9 Å². The van der Waals surface area contributed by atoms with Crippen LogP contribution in [0.1, 0.15) is 16.8 Å². The predicted molar refractivity (Wildman–Crippen MR) is 82.3 cm³/mol. The molecule has 1 N–H and O–H groups in total. The number of carbonyl (C=O) groups is 2. The molecule has 1 heterocycles. The van der Waals surface area contributed by atoms with E-state index in [1.807, 2.05) is 0 Å². The molecule has 2 rings (SSSR count). The second kappa shape index (κ2) is 6.53. The molecule has 22 heavy (non-hydrogen) atoms. The molecule has 0 aliphatic carbocycles. The van der Waals surface area contributed by atoms with E-state index in [0.29, 0.717) is 17.9 Å². The maximum absolute atomic E-state index is 12.4. The molecule has 1 amide bonds. The number of hydrogen-bond donors (Lipinski definition) is 1. The monoisotopic (exact) mass is 344 g/mol. The average Bonchev–Trinajstić information content (AvgIpc) is 2.95. The van der Waals surface area contributed by atoms with Gasteiger partial charge in [-0.05, 0) is 24.3 Å². The summed E-state index contributed by atoms with van der Waals surface area (Å²) in [6.07, 6.45) is 0.407. The summed E-state index contributed by atoms with van der Waals surface area (Å²) in [5.74, 6) is -0.232. The van der Waals surface area contributed by atoms with Gasteiger partial charge in [0.05, 0.1) is 12.0 Å². The first-order chi connectivity index (χ1) is 10.4. The number of ether oxygens (including phenoxy) is 1. The second-order valence-electron chi connectivity index (χ2n) is 4.75. The number of nitrogens with zero attached hydrogens (tertiary/aromatic N) is 1. The summed E-state index contributed by atoms with van der Waals surface area (Å²) in [4.78, 5) is 34.8. The molecular formula is C13H13ClN2O5S. The summed E-state index contributed by atoms with van der Waals surface area (Å²) in [5, 5.41) is 13.8. The van der Waals surface area contributed by atoms with Crippen LogP contribution in [0.3, 0.4) is 0 Å². The average molecular weight is 345 g/mol. The van der Waals surface area contributed by atoms with Crippen LogP contribution in [-0.2, 0) is 9.53 Å². The number of halogens is 1. The molecule has 1 fully saturated rings. The van der Waals surface area contributed by atoms with Gasteiger partial charge in [0.25, 0.3) is 11.6 Å². The van der Waals surface area contributed by atoms with Crippen LogP contribution >= 0.6 is 23.4 Å². The van der Waals surface area contributed by atoms with E-state index in [1.165, 1.54) is 31.0 Å². The van der Waals surface area contributed by atoms with Gasteiger partial charge in [-0.1, -0.05) is 11.6 Å². The van der Waals surface area contributed by atoms with Crippen molar-refractivity contribution < 1.29 is 19.2 Å². The van der Waals surface area contributed by atoms with Crippen LogP contribution in [0.5, 0.6) is 0 Å². The number of thioether (sulfide) groups is 1. The number of benzene rings is 1. The topological polar surface area (TPSA) is 98.5 Å². The van der Waals surface area contributed by atoms with Crippen LogP contribution in [0.15, 0.2) is 18.2 Å². The molecule has 7 nitrogen and oxygen atoms in total. The Labute approximate surface area is 135 Å². The zero-order valence-electron chi connectivity index (χ0n) is 11.6. The van der Waals surface area contributed by atoms with Crippen molar-refractivity contribution in [1.29, 1.82) is 0 Å². The van der Waals surface area contributed by atoms with E-state index in [4.69, 9.17) is 16.3 Å². The summed E-state index contributed by atoms with van der Waals surface area (Å²) in [6, 6.07) is 3.70. The molecule has 9 heteroatoms. The molecule has 1 aromatic carbocycles. The smallest absolute Gasteiger partial charge is 0.332 e. The zero-order chi connectivity index (χ0) is 16.3. The highest BCUT2D eigenvalue weighted by Crippen LogP contribution is 2.30. The van der Waals surface area contributed by atoms with Crippen molar-refractivity contribution >= 4 is 40.9 Å². The Hall–Kier alpha value is -1.80. The molecule has 118 valence electrons. The van der Waals surface area contributed by atoms with Crippen molar-refractivity contribution in [3.63, 3.8) is 0 Å². The molecule has 0 bridgehead atoms. The fourth-order valence-corrected chi connectivity index (χ4v) is 3.70. The third-order valence-corrected chi connectivity index (χ3v) is 4.78. The highest BCUT2D eigenvalue weighted by atomic mass is 35.5. The van der Waals surface area contributed by atoms with E-state index in [-0.39, 0.29) is 16.3 Å². The van der Waals surface area contributed by atoms with Gasteiger partial charge < -0.3 is 10.1 Å². The van der Waals surface area contributed by atoms with Gasteiger partial charge in [0.15, 0.2) is 0 Å². The maximum Gasteiger partial charge on any atom is 0.332 e. The van der Waals surface area contributed by atoms with Gasteiger partial charge in [0.1, 0.15) is 11.1 Å². The standard InChI is InChI=1S/C13H13ClN2O5S/c1-21-12(18)13(4-5-22-7-13)15-11(17)9-6-8(14)2-3-10(9)16(19)20/h2-3,6H,4-5,7H2,1H3,(H,15,17)/t13-/m0/s1. The molecule has 0 unspecified atom stereocenters. The van der Waals surface area contributed by atoms with Crippen molar-refractivity contribution in [3.8, 4) is 0 Å². The van der Waals surface area contributed by atoms with E-state index >= 15 is 0 Å². The highest BCUT2D eigenvalue weighted by molar-refractivity contribution is 7.99. The van der Waals surface area contributed by atoms with E-state index in [0.717, 1.165) is 6.07 Å². The lowest BCUT2D eigenvalue weighted by Gasteiger charge is -2.26. The minimum Gasteiger partial charge on any atom is -0.467 e. The van der Waals surface area contributed by atoms with E-state index in [2.05, 4.69) is 5.32 Å². The second-order valence-corrected chi connectivity index (χ2v) is 6.29. The lowest BCUT2D eigenvalue weighted by Crippen LogP contribution is -2.55. The highest BCUT2D eigenvalue weighted by Gasteiger charge is 2.45. The number of carbonyl (C=O) groups excluding carboxylic acids is 2. The molecule has 1 aliphatic rings. The quantitative estimate of drug-likeness (QED) is 0.509. The van der Waals surface area contributed by atoms with Crippen molar-refractivity contribution in [1.82, 2.24) is 5.32 Å². The molecule has 1 atom stereocenters. The van der Waals surface area contributed by atoms with Gasteiger partial charge in [0, 0.05) is 16.8 Å². The summed E-state index contributed by atoms with van der Waals surface area (Å²) in [7, 11) is 1.24. The number of amides is 1. The third kappa shape index (κ3) is 3.17. The predicted octanol–water partition coefficient (Wildman–Crippen LogP) is 2.03. The minimum absolute atomic E-state index is 0.183. The van der Waals surface area contributed by atoms with Crippen LogP contribution in [0.25, 0.3) is 0 Å². The van der Waals surface area contributed by atoms with Gasteiger partial charge >= 0.3 is 5.97 Å². The first kappa shape index (κ1) is 16.6. The lowest BCUT2D eigenvalue weighted by molar-refractivity contribution is -0.385. The molecule has 0 aromatic heterocycles. The van der Waals surface area contributed by atoms with Crippen LogP contribution < -0.4 is 5.32 Å². The van der Waals surface area contributed by atoms with Gasteiger partial charge in [-0.2, -0.15) is 11.8 Å². The van der Waals surface area contributed by atoms with E-state index in [9.17, 15) is 19.7 Å². The molecule has 0 radical (unpaired) electrons. The summed E-state index contributed by atoms with van der Waals surface area (Å²) < 4.78 is 4.75. The Balaban J connectivity index is 2.34. The molecular weight excluding hydrogens is 332 g/mol. The summed E-state index contributed by atoms with van der Waals surface area (Å²) in [5.41, 5.74) is -1.71. The maximum atomic E-state index is 12.4. The largest absolute Gasteiger partial charge is 0.467 e. The van der Waals surface area contributed by atoms with Crippen LogP contribution in [-0.4, -0.2) is 41.0 Å². The molecule has 1 aliphatic heterocycles. The Bertz CT molecular complexity index is 631. The van der Waals surface area contributed by atoms with Crippen molar-refractivity contribution in [2.75, 3.05) is 18.6 Å². The van der Waals surface area contributed by atoms with Crippen LogP contribution in [0, 0.1) is 10.1 Å². The fraction of sp³-hybridized carbons (Fsp3) is 0.385. The van der Waals surface area contributed by atoms with Crippen LogP contribution in [0.4, 0.5) is 5.69 Å². The first-order valence-corrected chi connectivity index (χ1v) is 7.85. The zero-order valence-corrected chi connectivity index (χ0v) is 13.2. The number of hydrogen-bond acceptors (Lipinski definition) is 6. The number of nitrogens with one attached hydrogen (secondary N) is 1. The van der Waals surface area contributed by atoms with E-state index < -0.39 is 22.3 Å². The first-order valence-electron chi connectivity index (χ1n) is 6.32. The molecule has 0 spiro atoms. The Morgan fingerprint density at radius 1 is 1.50 bits per heavy atom.